The Kier molecular flexibility index (Phi) is 6.70. The highest BCUT2D eigenvalue weighted by Crippen LogP contribution is 2.33. The molecule has 6 nitrogen and oxygen atoms in total. The van der Waals surface area contributed by atoms with Gasteiger partial charge in [0.25, 0.3) is 0 Å². The molecule has 0 aromatic heterocycles. The van der Waals surface area contributed by atoms with Gasteiger partial charge in [0.2, 0.25) is 11.8 Å². The van der Waals surface area contributed by atoms with Gasteiger partial charge in [-0.25, -0.2) is 0 Å². The number of hydrogen-bond acceptors (Lipinski definition) is 3. The van der Waals surface area contributed by atoms with Gasteiger partial charge in [0.1, 0.15) is 6.04 Å². The van der Waals surface area contributed by atoms with Gasteiger partial charge >= 0.3 is 5.97 Å². The minimum Gasteiger partial charge on any atom is -0.481 e. The molecule has 2 fully saturated rings. The predicted molar refractivity (Wildman–Crippen MR) is 106 cm³/mol. The number of carboxylic acids is 1. The number of rotatable bonds is 6. The van der Waals surface area contributed by atoms with Crippen LogP contribution in [-0.4, -0.2) is 46.9 Å². The molecule has 1 aliphatic heterocycles. The molecule has 3 rings (SSSR count). The average Bonchev–Trinajstić information content (AvgIpc) is 3.14. The van der Waals surface area contributed by atoms with Gasteiger partial charge in [0.05, 0.1) is 5.92 Å². The molecule has 152 valence electrons. The minimum absolute atomic E-state index is 0.0821. The van der Waals surface area contributed by atoms with Crippen LogP contribution in [0.3, 0.4) is 0 Å². The van der Waals surface area contributed by atoms with E-state index >= 15 is 0 Å². The first kappa shape index (κ1) is 20.4. The van der Waals surface area contributed by atoms with E-state index < -0.39 is 17.9 Å². The predicted octanol–water partition coefficient (Wildman–Crippen LogP) is 2.79. The molecule has 1 aliphatic carbocycles. The van der Waals surface area contributed by atoms with Gasteiger partial charge in [-0.1, -0.05) is 49.6 Å². The SMILES string of the molecule is CC(NC(=O)CC1CCCCC1)C(=O)N1CC(C(=O)O)C(c2ccccc2)C1. The number of nitrogens with one attached hydrogen (secondary N) is 1. The number of benzene rings is 1. The molecular weight excluding hydrogens is 356 g/mol. The van der Waals surface area contributed by atoms with Crippen molar-refractivity contribution in [1.82, 2.24) is 10.2 Å². The summed E-state index contributed by atoms with van der Waals surface area (Å²) in [4.78, 5) is 38.5. The zero-order chi connectivity index (χ0) is 20.1. The summed E-state index contributed by atoms with van der Waals surface area (Å²) in [5.41, 5.74) is 0.930. The summed E-state index contributed by atoms with van der Waals surface area (Å²) < 4.78 is 0. The fraction of sp³-hybridized carbons (Fsp3) is 0.591. The zero-order valence-electron chi connectivity index (χ0n) is 16.5. The van der Waals surface area contributed by atoms with Crippen molar-refractivity contribution >= 4 is 17.8 Å². The van der Waals surface area contributed by atoms with Crippen LogP contribution in [0.4, 0.5) is 0 Å². The maximum absolute atomic E-state index is 12.8. The number of carboxylic acid groups (broad SMARTS) is 1. The number of nitrogens with zero attached hydrogens (tertiary/aromatic N) is 1. The second-order valence-electron chi connectivity index (χ2n) is 8.20. The molecule has 1 saturated heterocycles. The number of carbonyl (C=O) groups is 3. The molecule has 28 heavy (non-hydrogen) atoms. The average molecular weight is 386 g/mol. The van der Waals surface area contributed by atoms with Crippen molar-refractivity contribution < 1.29 is 19.5 Å². The lowest BCUT2D eigenvalue weighted by Crippen LogP contribution is -2.46. The number of aliphatic carboxylic acids is 1. The molecule has 1 saturated carbocycles. The Balaban J connectivity index is 1.58. The third-order valence-corrected chi connectivity index (χ3v) is 6.12. The second kappa shape index (κ2) is 9.22. The second-order valence-corrected chi connectivity index (χ2v) is 8.20. The Morgan fingerprint density at radius 3 is 2.43 bits per heavy atom. The standard InChI is InChI=1S/C22H30N2O4/c1-15(23-20(25)12-16-8-4-2-5-9-16)21(26)24-13-18(19(14-24)22(27)28)17-10-6-3-7-11-17/h3,6-7,10-11,15-16,18-19H,2,4-5,8-9,12-14H2,1H3,(H,23,25)(H,27,28). The van der Waals surface area contributed by atoms with Gasteiger partial charge in [-0.15, -0.1) is 0 Å². The number of amides is 2. The molecule has 1 aromatic carbocycles. The van der Waals surface area contributed by atoms with Crippen LogP contribution in [-0.2, 0) is 14.4 Å². The Labute approximate surface area is 166 Å². The van der Waals surface area contributed by atoms with Crippen LogP contribution in [0.15, 0.2) is 30.3 Å². The lowest BCUT2D eigenvalue weighted by atomic mass is 9.87. The Morgan fingerprint density at radius 1 is 1.11 bits per heavy atom. The summed E-state index contributed by atoms with van der Waals surface area (Å²) in [6.07, 6.45) is 6.24. The first-order valence-corrected chi connectivity index (χ1v) is 10.3. The molecule has 0 spiro atoms. The maximum Gasteiger partial charge on any atom is 0.308 e. The van der Waals surface area contributed by atoms with Crippen molar-refractivity contribution in [1.29, 1.82) is 0 Å². The lowest BCUT2D eigenvalue weighted by Gasteiger charge is -2.24. The first-order valence-electron chi connectivity index (χ1n) is 10.3. The van der Waals surface area contributed by atoms with Crippen molar-refractivity contribution in [3.8, 4) is 0 Å². The third kappa shape index (κ3) is 4.91. The van der Waals surface area contributed by atoms with Crippen molar-refractivity contribution in [2.45, 2.75) is 57.4 Å². The van der Waals surface area contributed by atoms with Crippen LogP contribution in [0.2, 0.25) is 0 Å². The fourth-order valence-corrected chi connectivity index (χ4v) is 4.56. The Morgan fingerprint density at radius 2 is 1.79 bits per heavy atom. The van der Waals surface area contributed by atoms with Gasteiger partial charge in [0, 0.05) is 25.4 Å². The number of likely N-dealkylation sites (tertiary alicyclic amines) is 1. The van der Waals surface area contributed by atoms with E-state index in [9.17, 15) is 19.5 Å². The molecule has 6 heteroatoms. The number of hydrogen-bond donors (Lipinski definition) is 2. The largest absolute Gasteiger partial charge is 0.481 e. The van der Waals surface area contributed by atoms with Gasteiger partial charge in [-0.05, 0) is 31.2 Å². The highest BCUT2D eigenvalue weighted by Gasteiger charge is 2.41. The molecular formula is C22H30N2O4. The summed E-state index contributed by atoms with van der Waals surface area (Å²) >= 11 is 0. The molecule has 2 aliphatic rings. The van der Waals surface area contributed by atoms with Crippen molar-refractivity contribution in [2.75, 3.05) is 13.1 Å². The van der Waals surface area contributed by atoms with Gasteiger partial charge in [0.15, 0.2) is 0 Å². The third-order valence-electron chi connectivity index (χ3n) is 6.12. The Hall–Kier alpha value is -2.37. The molecule has 3 unspecified atom stereocenters. The Bertz CT molecular complexity index is 700. The van der Waals surface area contributed by atoms with E-state index in [0.717, 1.165) is 18.4 Å². The summed E-state index contributed by atoms with van der Waals surface area (Å²) in [7, 11) is 0. The van der Waals surface area contributed by atoms with Crippen molar-refractivity contribution in [3.05, 3.63) is 35.9 Å². The molecule has 1 aromatic rings. The van der Waals surface area contributed by atoms with E-state index in [-0.39, 0.29) is 24.3 Å². The molecule has 2 amide bonds. The molecule has 2 N–H and O–H groups in total. The van der Waals surface area contributed by atoms with Crippen LogP contribution in [0, 0.1) is 11.8 Å². The van der Waals surface area contributed by atoms with Crippen LogP contribution in [0.25, 0.3) is 0 Å². The molecule has 1 heterocycles. The van der Waals surface area contributed by atoms with Crippen LogP contribution in [0.1, 0.15) is 56.9 Å². The minimum atomic E-state index is -0.891. The highest BCUT2D eigenvalue weighted by atomic mass is 16.4. The monoisotopic (exact) mass is 386 g/mol. The van der Waals surface area contributed by atoms with Gasteiger partial charge in [-0.3, -0.25) is 14.4 Å². The van der Waals surface area contributed by atoms with E-state index in [4.69, 9.17) is 0 Å². The quantitative estimate of drug-likeness (QED) is 0.787. The summed E-state index contributed by atoms with van der Waals surface area (Å²) in [6.45, 7) is 2.23. The topological polar surface area (TPSA) is 86.7 Å². The van der Waals surface area contributed by atoms with Crippen LogP contribution < -0.4 is 5.32 Å². The van der Waals surface area contributed by atoms with Gasteiger partial charge < -0.3 is 15.3 Å². The van der Waals surface area contributed by atoms with Gasteiger partial charge in [-0.2, -0.15) is 0 Å². The molecule has 0 bridgehead atoms. The summed E-state index contributed by atoms with van der Waals surface area (Å²) in [5, 5.41) is 12.4. The van der Waals surface area contributed by atoms with E-state index in [0.29, 0.717) is 18.9 Å². The maximum atomic E-state index is 12.8. The summed E-state index contributed by atoms with van der Waals surface area (Å²) in [6, 6.07) is 8.83. The normalized spacial score (nSPS) is 24.0. The van der Waals surface area contributed by atoms with Crippen molar-refractivity contribution in [3.63, 3.8) is 0 Å². The molecule has 0 radical (unpaired) electrons. The smallest absolute Gasteiger partial charge is 0.308 e. The van der Waals surface area contributed by atoms with Crippen LogP contribution in [0.5, 0.6) is 0 Å². The first-order chi connectivity index (χ1) is 13.5. The van der Waals surface area contributed by atoms with E-state index in [1.165, 1.54) is 19.3 Å². The summed E-state index contributed by atoms with van der Waals surface area (Å²) in [5.74, 6) is -1.62. The van der Waals surface area contributed by atoms with E-state index in [1.807, 2.05) is 30.3 Å². The highest BCUT2D eigenvalue weighted by molar-refractivity contribution is 5.88. The fourth-order valence-electron chi connectivity index (χ4n) is 4.56. The molecule has 3 atom stereocenters. The van der Waals surface area contributed by atoms with Crippen LogP contribution >= 0.6 is 0 Å². The number of carbonyl (C=O) groups excluding carboxylic acids is 2. The van der Waals surface area contributed by atoms with Crippen molar-refractivity contribution in [2.24, 2.45) is 11.8 Å². The zero-order valence-corrected chi connectivity index (χ0v) is 16.5. The lowest BCUT2D eigenvalue weighted by molar-refractivity contribution is -0.142. The van der Waals surface area contributed by atoms with E-state index in [1.54, 1.807) is 11.8 Å². The van der Waals surface area contributed by atoms with E-state index in [2.05, 4.69) is 5.32 Å².